The number of nitrogen functional groups attached to an aromatic ring is 1. The molecule has 0 aromatic heterocycles. The molecule has 0 amide bonds. The number of nitrogens with two attached hydrogens (primary N) is 1. The van der Waals surface area contributed by atoms with Crippen LogP contribution in [0.5, 0.6) is 0 Å². The van der Waals surface area contributed by atoms with E-state index in [0.29, 0.717) is 32.0 Å². The maximum Gasteiger partial charge on any atom is 0.242 e. The third-order valence-electron chi connectivity index (χ3n) is 3.43. The van der Waals surface area contributed by atoms with Crippen LogP contribution in [-0.2, 0) is 14.8 Å². The third-order valence-corrected chi connectivity index (χ3v) is 5.36. The van der Waals surface area contributed by atoms with E-state index in [-0.39, 0.29) is 9.92 Å². The van der Waals surface area contributed by atoms with E-state index in [4.69, 9.17) is 22.1 Å². The summed E-state index contributed by atoms with van der Waals surface area (Å²) in [6.45, 7) is 5.76. The molecule has 0 atom stereocenters. The smallest absolute Gasteiger partial charge is 0.242 e. The number of anilines is 1. The first kappa shape index (κ1) is 16.5. The lowest BCUT2D eigenvalue weighted by Gasteiger charge is -2.26. The van der Waals surface area contributed by atoms with E-state index in [1.165, 1.54) is 6.07 Å². The summed E-state index contributed by atoms with van der Waals surface area (Å²) in [5.41, 5.74) is 6.93. The lowest BCUT2D eigenvalue weighted by atomic mass is 10.2. The number of ether oxygens (including phenoxy) is 1. The molecule has 118 valence electrons. The zero-order chi connectivity index (χ0) is 15.5. The summed E-state index contributed by atoms with van der Waals surface area (Å²) in [5, 5.41) is 0.181. The Bertz CT molecular complexity index is 601. The Hall–Kier alpha value is -0.860. The molecule has 0 saturated carbocycles. The highest BCUT2D eigenvalue weighted by Crippen LogP contribution is 2.26. The van der Waals surface area contributed by atoms with Gasteiger partial charge in [-0.05, 0) is 24.6 Å². The second kappa shape index (κ2) is 6.93. The van der Waals surface area contributed by atoms with Crippen molar-refractivity contribution in [2.24, 2.45) is 0 Å². The summed E-state index contributed by atoms with van der Waals surface area (Å²) < 4.78 is 32.3. The van der Waals surface area contributed by atoms with Crippen LogP contribution in [0.3, 0.4) is 0 Å². The van der Waals surface area contributed by atoms with Gasteiger partial charge in [0.1, 0.15) is 4.90 Å². The number of sulfonamides is 1. The van der Waals surface area contributed by atoms with Gasteiger partial charge in [-0.25, -0.2) is 13.1 Å². The van der Waals surface area contributed by atoms with Crippen molar-refractivity contribution in [3.8, 4) is 0 Å². The Morgan fingerprint density at radius 1 is 1.38 bits per heavy atom. The highest BCUT2D eigenvalue weighted by molar-refractivity contribution is 7.89. The van der Waals surface area contributed by atoms with Gasteiger partial charge >= 0.3 is 0 Å². The molecule has 1 aromatic carbocycles. The van der Waals surface area contributed by atoms with Crippen LogP contribution in [-0.4, -0.2) is 52.7 Å². The second-order valence-electron chi connectivity index (χ2n) is 4.99. The van der Waals surface area contributed by atoms with E-state index in [0.717, 1.165) is 18.7 Å². The minimum atomic E-state index is -3.65. The number of nitrogens with one attached hydrogen (secondary N) is 1. The summed E-state index contributed by atoms with van der Waals surface area (Å²) in [6, 6.07) is 2.96. The van der Waals surface area contributed by atoms with Crippen molar-refractivity contribution in [2.45, 2.75) is 11.8 Å². The molecular formula is C13H20ClN3O3S. The highest BCUT2D eigenvalue weighted by Gasteiger charge is 2.19. The number of nitrogens with zero attached hydrogens (tertiary/aromatic N) is 1. The zero-order valence-corrected chi connectivity index (χ0v) is 13.5. The molecule has 0 spiro atoms. The standard InChI is InChI=1S/C13H20ClN3O3S/c1-10-8-11(14)13(9-12(10)15)21(18,19)16-2-3-17-4-6-20-7-5-17/h8-9,16H,2-7,15H2,1H3. The predicted octanol–water partition coefficient (Wildman–Crippen LogP) is 0.841. The van der Waals surface area contributed by atoms with Crippen LogP contribution in [0.15, 0.2) is 17.0 Å². The Morgan fingerprint density at radius 2 is 2.05 bits per heavy atom. The Labute approximate surface area is 130 Å². The molecule has 0 bridgehead atoms. The molecule has 1 aliphatic heterocycles. The van der Waals surface area contributed by atoms with E-state index >= 15 is 0 Å². The van der Waals surface area contributed by atoms with Crippen molar-refractivity contribution >= 4 is 27.3 Å². The highest BCUT2D eigenvalue weighted by atomic mass is 35.5. The Balaban J connectivity index is 1.99. The summed E-state index contributed by atoms with van der Waals surface area (Å²) in [7, 11) is -3.65. The van der Waals surface area contributed by atoms with Crippen LogP contribution < -0.4 is 10.5 Å². The molecule has 1 heterocycles. The van der Waals surface area contributed by atoms with Gasteiger partial charge in [0, 0.05) is 31.9 Å². The maximum absolute atomic E-state index is 12.3. The van der Waals surface area contributed by atoms with Crippen LogP contribution in [0.1, 0.15) is 5.56 Å². The lowest BCUT2D eigenvalue weighted by Crippen LogP contribution is -2.41. The predicted molar refractivity (Wildman–Crippen MR) is 83.0 cm³/mol. The topological polar surface area (TPSA) is 84.7 Å². The average Bonchev–Trinajstić information content (AvgIpc) is 2.43. The molecule has 2 rings (SSSR count). The Morgan fingerprint density at radius 3 is 2.71 bits per heavy atom. The summed E-state index contributed by atoms with van der Waals surface area (Å²) in [4.78, 5) is 2.17. The van der Waals surface area contributed by atoms with Crippen molar-refractivity contribution in [1.82, 2.24) is 9.62 Å². The molecule has 21 heavy (non-hydrogen) atoms. The first-order valence-corrected chi connectivity index (χ1v) is 8.61. The van der Waals surface area contributed by atoms with Gasteiger partial charge in [0.25, 0.3) is 0 Å². The van der Waals surface area contributed by atoms with Crippen molar-refractivity contribution in [1.29, 1.82) is 0 Å². The molecule has 1 fully saturated rings. The van der Waals surface area contributed by atoms with Crippen LogP contribution in [0.4, 0.5) is 5.69 Å². The van der Waals surface area contributed by atoms with E-state index in [9.17, 15) is 8.42 Å². The SMILES string of the molecule is Cc1cc(Cl)c(S(=O)(=O)NCCN2CCOCC2)cc1N. The Kier molecular flexibility index (Phi) is 5.45. The summed E-state index contributed by atoms with van der Waals surface area (Å²) in [5.74, 6) is 0. The molecule has 1 saturated heterocycles. The lowest BCUT2D eigenvalue weighted by molar-refractivity contribution is 0.0390. The van der Waals surface area contributed by atoms with Crippen LogP contribution in [0, 0.1) is 6.92 Å². The minimum absolute atomic E-state index is 0.0224. The van der Waals surface area contributed by atoms with Crippen LogP contribution >= 0.6 is 11.6 Å². The molecule has 1 aliphatic rings. The van der Waals surface area contributed by atoms with E-state index in [1.54, 1.807) is 13.0 Å². The zero-order valence-electron chi connectivity index (χ0n) is 11.9. The fourth-order valence-electron chi connectivity index (χ4n) is 2.12. The molecule has 1 aromatic rings. The fourth-order valence-corrected chi connectivity index (χ4v) is 3.75. The van der Waals surface area contributed by atoms with Gasteiger partial charge < -0.3 is 10.5 Å². The average molecular weight is 334 g/mol. The second-order valence-corrected chi connectivity index (χ2v) is 7.13. The molecule has 3 N–H and O–H groups in total. The monoisotopic (exact) mass is 333 g/mol. The van der Waals surface area contributed by atoms with Crippen molar-refractivity contribution in [3.05, 3.63) is 22.7 Å². The van der Waals surface area contributed by atoms with E-state index in [2.05, 4.69) is 9.62 Å². The van der Waals surface area contributed by atoms with Crippen LogP contribution in [0.2, 0.25) is 5.02 Å². The van der Waals surface area contributed by atoms with Crippen molar-refractivity contribution in [2.75, 3.05) is 45.1 Å². The number of hydrogen-bond donors (Lipinski definition) is 2. The van der Waals surface area contributed by atoms with Crippen LogP contribution in [0.25, 0.3) is 0 Å². The van der Waals surface area contributed by atoms with Gasteiger partial charge in [0.2, 0.25) is 10.0 Å². The van der Waals surface area contributed by atoms with E-state index < -0.39 is 10.0 Å². The fraction of sp³-hybridized carbons (Fsp3) is 0.538. The summed E-state index contributed by atoms with van der Waals surface area (Å²) in [6.07, 6.45) is 0. The summed E-state index contributed by atoms with van der Waals surface area (Å²) >= 11 is 6.01. The number of hydrogen-bond acceptors (Lipinski definition) is 5. The van der Waals surface area contributed by atoms with Gasteiger partial charge in [-0.15, -0.1) is 0 Å². The molecule has 0 unspecified atom stereocenters. The number of aryl methyl sites for hydroxylation is 1. The molecule has 8 heteroatoms. The molecule has 0 aliphatic carbocycles. The number of morpholine rings is 1. The van der Waals surface area contributed by atoms with Gasteiger partial charge in [-0.1, -0.05) is 11.6 Å². The first-order valence-electron chi connectivity index (χ1n) is 6.75. The number of benzene rings is 1. The quantitative estimate of drug-likeness (QED) is 0.780. The molecular weight excluding hydrogens is 314 g/mol. The van der Waals surface area contributed by atoms with Gasteiger partial charge in [0.15, 0.2) is 0 Å². The third kappa shape index (κ3) is 4.31. The van der Waals surface area contributed by atoms with Crippen molar-refractivity contribution < 1.29 is 13.2 Å². The molecule has 0 radical (unpaired) electrons. The van der Waals surface area contributed by atoms with Gasteiger partial charge in [0.05, 0.1) is 18.2 Å². The molecule has 6 nitrogen and oxygen atoms in total. The largest absolute Gasteiger partial charge is 0.398 e. The maximum atomic E-state index is 12.3. The first-order chi connectivity index (χ1) is 9.90. The van der Waals surface area contributed by atoms with E-state index in [1.807, 2.05) is 0 Å². The number of halogens is 1. The van der Waals surface area contributed by atoms with Crippen molar-refractivity contribution in [3.63, 3.8) is 0 Å². The normalized spacial score (nSPS) is 17.0. The van der Waals surface area contributed by atoms with Gasteiger partial charge in [-0.2, -0.15) is 0 Å². The minimum Gasteiger partial charge on any atom is -0.398 e. The van der Waals surface area contributed by atoms with Gasteiger partial charge in [-0.3, -0.25) is 4.90 Å². The number of rotatable bonds is 5.